The van der Waals surface area contributed by atoms with Crippen molar-refractivity contribution in [1.82, 2.24) is 15.1 Å². The zero-order valence-corrected chi connectivity index (χ0v) is 11.6. The number of aryl methyl sites for hydroxylation is 1. The van der Waals surface area contributed by atoms with Crippen molar-refractivity contribution in [3.8, 4) is 0 Å². The average Bonchev–Trinajstić information content (AvgIpc) is 2.72. The zero-order valence-electron chi connectivity index (χ0n) is 10.8. The Labute approximate surface area is 112 Å². The second kappa shape index (κ2) is 5.57. The molecule has 2 N–H and O–H groups in total. The van der Waals surface area contributed by atoms with Crippen LogP contribution in [-0.4, -0.2) is 40.7 Å². The number of hydrogen-bond acceptors (Lipinski definition) is 4. The SMILES string of the molecule is CCn1ncc(Cl)c1C(C)(O)CC1COCCN1. The van der Waals surface area contributed by atoms with Crippen LogP contribution in [0.1, 0.15) is 26.0 Å². The Morgan fingerprint density at radius 3 is 3.11 bits per heavy atom. The van der Waals surface area contributed by atoms with Gasteiger partial charge >= 0.3 is 0 Å². The molecule has 6 heteroatoms. The highest BCUT2D eigenvalue weighted by molar-refractivity contribution is 6.31. The molecule has 1 aromatic rings. The van der Waals surface area contributed by atoms with E-state index in [0.29, 0.717) is 30.3 Å². The molecular weight excluding hydrogens is 254 g/mol. The zero-order chi connectivity index (χ0) is 13.2. The van der Waals surface area contributed by atoms with E-state index >= 15 is 0 Å². The number of aromatic nitrogens is 2. The molecule has 5 nitrogen and oxygen atoms in total. The Morgan fingerprint density at radius 1 is 1.72 bits per heavy atom. The number of nitrogens with zero attached hydrogens (tertiary/aromatic N) is 2. The lowest BCUT2D eigenvalue weighted by atomic mass is 9.93. The number of hydrogen-bond donors (Lipinski definition) is 2. The minimum atomic E-state index is -1.01. The van der Waals surface area contributed by atoms with Crippen molar-refractivity contribution in [3.63, 3.8) is 0 Å². The first-order valence-corrected chi connectivity index (χ1v) is 6.67. The van der Waals surface area contributed by atoms with E-state index in [4.69, 9.17) is 16.3 Å². The predicted molar refractivity (Wildman–Crippen MR) is 69.7 cm³/mol. The van der Waals surface area contributed by atoms with Crippen LogP contribution in [0.2, 0.25) is 5.02 Å². The molecule has 2 heterocycles. The summed E-state index contributed by atoms with van der Waals surface area (Å²) in [7, 11) is 0. The third-order valence-corrected chi connectivity index (χ3v) is 3.52. The van der Waals surface area contributed by atoms with Gasteiger partial charge in [0.15, 0.2) is 0 Å². The van der Waals surface area contributed by atoms with Crippen LogP contribution in [0.4, 0.5) is 0 Å². The Balaban J connectivity index is 2.15. The topological polar surface area (TPSA) is 59.3 Å². The second-order valence-electron chi connectivity index (χ2n) is 4.86. The molecule has 0 radical (unpaired) electrons. The van der Waals surface area contributed by atoms with Crippen molar-refractivity contribution in [3.05, 3.63) is 16.9 Å². The largest absolute Gasteiger partial charge is 0.384 e. The maximum absolute atomic E-state index is 10.7. The third-order valence-electron chi connectivity index (χ3n) is 3.25. The number of halogens is 1. The standard InChI is InChI=1S/C12H20ClN3O2/c1-3-16-11(10(13)7-15-16)12(2,17)6-9-8-18-5-4-14-9/h7,9,14,17H,3-6,8H2,1-2H3. The van der Waals surface area contributed by atoms with Gasteiger partial charge in [0.05, 0.1) is 30.1 Å². The average molecular weight is 274 g/mol. The quantitative estimate of drug-likeness (QED) is 0.864. The number of ether oxygens (including phenoxy) is 1. The van der Waals surface area contributed by atoms with Gasteiger partial charge in [0.25, 0.3) is 0 Å². The second-order valence-corrected chi connectivity index (χ2v) is 5.27. The summed E-state index contributed by atoms with van der Waals surface area (Å²) in [6.07, 6.45) is 2.14. The van der Waals surface area contributed by atoms with Gasteiger partial charge in [0.2, 0.25) is 0 Å². The minimum Gasteiger partial charge on any atom is -0.384 e. The Bertz CT molecular complexity index is 400. The van der Waals surface area contributed by atoms with Gasteiger partial charge in [-0.25, -0.2) is 0 Å². The predicted octanol–water partition coefficient (Wildman–Crippen LogP) is 1.14. The summed E-state index contributed by atoms with van der Waals surface area (Å²) in [4.78, 5) is 0. The monoisotopic (exact) mass is 273 g/mol. The Hall–Kier alpha value is -0.620. The normalized spacial score (nSPS) is 23.9. The van der Waals surface area contributed by atoms with Gasteiger partial charge in [-0.1, -0.05) is 11.6 Å². The van der Waals surface area contributed by atoms with Crippen LogP contribution in [0.5, 0.6) is 0 Å². The van der Waals surface area contributed by atoms with Crippen molar-refractivity contribution in [1.29, 1.82) is 0 Å². The number of nitrogens with one attached hydrogen (secondary N) is 1. The Kier molecular flexibility index (Phi) is 4.27. The number of rotatable bonds is 4. The maximum atomic E-state index is 10.7. The van der Waals surface area contributed by atoms with E-state index in [-0.39, 0.29) is 6.04 Å². The Morgan fingerprint density at radius 2 is 2.50 bits per heavy atom. The van der Waals surface area contributed by atoms with Gasteiger partial charge in [-0.2, -0.15) is 5.10 Å². The molecule has 0 amide bonds. The molecule has 2 unspecified atom stereocenters. The molecule has 1 saturated heterocycles. The molecule has 18 heavy (non-hydrogen) atoms. The fourth-order valence-electron chi connectivity index (χ4n) is 2.46. The van der Waals surface area contributed by atoms with Gasteiger partial charge in [-0.05, 0) is 20.3 Å². The van der Waals surface area contributed by atoms with Crippen LogP contribution < -0.4 is 5.32 Å². The minimum absolute atomic E-state index is 0.144. The molecule has 0 aliphatic carbocycles. The molecule has 1 aliphatic heterocycles. The van der Waals surface area contributed by atoms with Gasteiger partial charge in [0.1, 0.15) is 5.60 Å². The molecule has 0 saturated carbocycles. The summed E-state index contributed by atoms with van der Waals surface area (Å²) in [6, 6.07) is 0.144. The fourth-order valence-corrected chi connectivity index (χ4v) is 2.81. The van der Waals surface area contributed by atoms with Crippen LogP contribution in [-0.2, 0) is 16.9 Å². The van der Waals surface area contributed by atoms with E-state index in [2.05, 4.69) is 10.4 Å². The first kappa shape index (κ1) is 13.8. The molecule has 2 rings (SSSR count). The van der Waals surface area contributed by atoms with Gasteiger partial charge in [0, 0.05) is 19.1 Å². The lowest BCUT2D eigenvalue weighted by Gasteiger charge is -2.32. The van der Waals surface area contributed by atoms with E-state index in [1.165, 1.54) is 0 Å². The highest BCUT2D eigenvalue weighted by atomic mass is 35.5. The van der Waals surface area contributed by atoms with Crippen LogP contribution in [0.3, 0.4) is 0 Å². The number of aliphatic hydroxyl groups is 1. The third kappa shape index (κ3) is 2.85. The molecule has 2 atom stereocenters. The van der Waals surface area contributed by atoms with Crippen molar-refractivity contribution >= 4 is 11.6 Å². The molecule has 0 aromatic carbocycles. The molecule has 0 spiro atoms. The van der Waals surface area contributed by atoms with Crippen molar-refractivity contribution in [2.75, 3.05) is 19.8 Å². The molecule has 102 valence electrons. The van der Waals surface area contributed by atoms with E-state index in [9.17, 15) is 5.11 Å². The summed E-state index contributed by atoms with van der Waals surface area (Å²) in [5.74, 6) is 0. The molecular formula is C12H20ClN3O2. The van der Waals surface area contributed by atoms with Gasteiger partial charge < -0.3 is 15.2 Å². The molecule has 1 aliphatic rings. The van der Waals surface area contributed by atoms with E-state index in [1.807, 2.05) is 6.92 Å². The summed E-state index contributed by atoms with van der Waals surface area (Å²) in [5, 5.41) is 18.7. The van der Waals surface area contributed by atoms with Crippen LogP contribution in [0.15, 0.2) is 6.20 Å². The maximum Gasteiger partial charge on any atom is 0.106 e. The van der Waals surface area contributed by atoms with Crippen molar-refractivity contribution in [2.24, 2.45) is 0 Å². The molecule has 1 fully saturated rings. The smallest absolute Gasteiger partial charge is 0.106 e. The van der Waals surface area contributed by atoms with E-state index in [1.54, 1.807) is 17.8 Å². The van der Waals surface area contributed by atoms with Crippen molar-refractivity contribution < 1.29 is 9.84 Å². The van der Waals surface area contributed by atoms with E-state index in [0.717, 1.165) is 13.2 Å². The lowest BCUT2D eigenvalue weighted by molar-refractivity contribution is -0.00222. The van der Waals surface area contributed by atoms with Gasteiger partial charge in [-0.15, -0.1) is 0 Å². The summed E-state index contributed by atoms with van der Waals surface area (Å²) in [5.41, 5.74) is -0.332. The van der Waals surface area contributed by atoms with Crippen LogP contribution >= 0.6 is 11.6 Å². The lowest BCUT2D eigenvalue weighted by Crippen LogP contribution is -2.45. The van der Waals surface area contributed by atoms with E-state index < -0.39 is 5.60 Å². The number of morpholine rings is 1. The molecule has 1 aromatic heterocycles. The van der Waals surface area contributed by atoms with Crippen molar-refractivity contribution in [2.45, 2.75) is 38.5 Å². The summed E-state index contributed by atoms with van der Waals surface area (Å²) >= 11 is 6.13. The first-order chi connectivity index (χ1) is 8.54. The summed E-state index contributed by atoms with van der Waals surface area (Å²) in [6.45, 7) is 6.61. The van der Waals surface area contributed by atoms with Crippen LogP contribution in [0, 0.1) is 0 Å². The highest BCUT2D eigenvalue weighted by Crippen LogP contribution is 2.32. The fraction of sp³-hybridized carbons (Fsp3) is 0.750. The van der Waals surface area contributed by atoms with Crippen LogP contribution in [0.25, 0.3) is 0 Å². The van der Waals surface area contributed by atoms with Gasteiger partial charge in [-0.3, -0.25) is 4.68 Å². The molecule has 0 bridgehead atoms. The summed E-state index contributed by atoms with van der Waals surface area (Å²) < 4.78 is 7.15. The highest BCUT2D eigenvalue weighted by Gasteiger charge is 2.33. The first-order valence-electron chi connectivity index (χ1n) is 6.30.